The van der Waals surface area contributed by atoms with Crippen LogP contribution in [0, 0.1) is 0 Å². The number of hydrogen-bond acceptors (Lipinski definition) is 4. The number of ether oxygens (including phenoxy) is 1. The zero-order chi connectivity index (χ0) is 14.1. The second-order valence-corrected chi connectivity index (χ2v) is 5.48. The van der Waals surface area contributed by atoms with Crippen LogP contribution in [0.5, 0.6) is 0 Å². The summed E-state index contributed by atoms with van der Waals surface area (Å²) < 4.78 is 4.89. The van der Waals surface area contributed by atoms with Gasteiger partial charge in [0.05, 0.1) is 19.0 Å². The second-order valence-electron chi connectivity index (χ2n) is 5.48. The van der Waals surface area contributed by atoms with Crippen LogP contribution in [0.1, 0.15) is 26.3 Å². The molecule has 0 bridgehead atoms. The average molecular weight is 260 g/mol. The Labute approximate surface area is 114 Å². The standard InChI is InChI=1S/C15H20N2O2/c1-14(2)15(3,13(18)19-4)16-11-17(14)10-12-8-6-5-7-9-12/h5-9,11H,10H2,1-4H3. The number of carbonyl (C=O) groups excluding carboxylic acids is 1. The first kappa shape index (κ1) is 13.6. The van der Waals surface area contributed by atoms with Crippen molar-refractivity contribution in [3.63, 3.8) is 0 Å². The molecule has 0 amide bonds. The van der Waals surface area contributed by atoms with E-state index >= 15 is 0 Å². The van der Waals surface area contributed by atoms with Crippen molar-refractivity contribution in [2.24, 2.45) is 4.99 Å². The van der Waals surface area contributed by atoms with Crippen LogP contribution in [0.15, 0.2) is 35.3 Å². The van der Waals surface area contributed by atoms with E-state index in [1.54, 1.807) is 6.34 Å². The number of methoxy groups -OCH3 is 1. The largest absolute Gasteiger partial charge is 0.467 e. The van der Waals surface area contributed by atoms with E-state index in [0.717, 1.165) is 6.54 Å². The molecule has 0 N–H and O–H groups in total. The molecule has 0 radical (unpaired) electrons. The van der Waals surface area contributed by atoms with Gasteiger partial charge in [0.1, 0.15) is 0 Å². The molecule has 0 spiro atoms. The van der Waals surface area contributed by atoms with Gasteiger partial charge in [-0.15, -0.1) is 0 Å². The van der Waals surface area contributed by atoms with Gasteiger partial charge in [-0.2, -0.15) is 0 Å². The summed E-state index contributed by atoms with van der Waals surface area (Å²) in [5.41, 5.74) is -0.0944. The highest BCUT2D eigenvalue weighted by Gasteiger charge is 2.54. The highest BCUT2D eigenvalue weighted by Crippen LogP contribution is 2.37. The predicted molar refractivity (Wildman–Crippen MR) is 75.0 cm³/mol. The van der Waals surface area contributed by atoms with Gasteiger partial charge in [0, 0.05) is 6.54 Å². The molecule has 0 aromatic heterocycles. The zero-order valence-electron chi connectivity index (χ0n) is 11.9. The lowest BCUT2D eigenvalue weighted by atomic mass is 9.81. The first-order valence-electron chi connectivity index (χ1n) is 6.36. The van der Waals surface area contributed by atoms with Crippen LogP contribution < -0.4 is 0 Å². The molecule has 4 heteroatoms. The lowest BCUT2D eigenvalue weighted by molar-refractivity contribution is -0.149. The molecule has 0 fully saturated rings. The highest BCUT2D eigenvalue weighted by molar-refractivity contribution is 5.87. The first-order chi connectivity index (χ1) is 8.91. The molecular weight excluding hydrogens is 240 g/mol. The van der Waals surface area contributed by atoms with E-state index in [-0.39, 0.29) is 5.97 Å². The van der Waals surface area contributed by atoms with Gasteiger partial charge < -0.3 is 9.64 Å². The van der Waals surface area contributed by atoms with E-state index in [1.807, 2.05) is 39.0 Å². The maximum Gasteiger partial charge on any atom is 0.335 e. The summed E-state index contributed by atoms with van der Waals surface area (Å²) >= 11 is 0. The van der Waals surface area contributed by atoms with E-state index in [2.05, 4.69) is 22.0 Å². The molecule has 1 aliphatic rings. The van der Waals surface area contributed by atoms with Crippen LogP contribution >= 0.6 is 0 Å². The van der Waals surface area contributed by atoms with Gasteiger partial charge in [-0.3, -0.25) is 4.99 Å². The Morgan fingerprint density at radius 2 is 1.89 bits per heavy atom. The number of aliphatic imine (C=N–C) groups is 1. The SMILES string of the molecule is COC(=O)C1(C)N=CN(Cc2ccccc2)C1(C)C. The number of nitrogens with zero attached hydrogens (tertiary/aromatic N) is 2. The fourth-order valence-electron chi connectivity index (χ4n) is 2.29. The van der Waals surface area contributed by atoms with Crippen LogP contribution in [0.4, 0.5) is 0 Å². The van der Waals surface area contributed by atoms with Gasteiger partial charge in [0.2, 0.25) is 0 Å². The third-order valence-electron chi connectivity index (χ3n) is 4.14. The maximum atomic E-state index is 12.0. The number of carbonyl (C=O) groups is 1. The molecular formula is C15H20N2O2. The van der Waals surface area contributed by atoms with Gasteiger partial charge >= 0.3 is 5.97 Å². The fraction of sp³-hybridized carbons (Fsp3) is 0.467. The van der Waals surface area contributed by atoms with Gasteiger partial charge in [-0.05, 0) is 26.3 Å². The molecule has 102 valence electrons. The van der Waals surface area contributed by atoms with E-state index in [4.69, 9.17) is 4.74 Å². The summed E-state index contributed by atoms with van der Waals surface area (Å²) in [6, 6.07) is 10.1. The fourth-order valence-corrected chi connectivity index (χ4v) is 2.29. The Morgan fingerprint density at radius 1 is 1.26 bits per heavy atom. The molecule has 1 aromatic rings. The topological polar surface area (TPSA) is 41.9 Å². The highest BCUT2D eigenvalue weighted by atomic mass is 16.5. The van der Waals surface area contributed by atoms with Gasteiger partial charge in [0.25, 0.3) is 0 Å². The first-order valence-corrected chi connectivity index (χ1v) is 6.36. The molecule has 1 aromatic carbocycles. The molecule has 4 nitrogen and oxygen atoms in total. The number of rotatable bonds is 3. The Morgan fingerprint density at radius 3 is 2.47 bits per heavy atom. The minimum Gasteiger partial charge on any atom is -0.467 e. The van der Waals surface area contributed by atoms with E-state index < -0.39 is 11.1 Å². The Balaban J connectivity index is 2.23. The normalized spacial score (nSPS) is 24.5. The molecule has 0 aliphatic carbocycles. The van der Waals surface area contributed by atoms with Crippen molar-refractivity contribution < 1.29 is 9.53 Å². The van der Waals surface area contributed by atoms with Crippen molar-refractivity contribution in [3.8, 4) is 0 Å². The summed E-state index contributed by atoms with van der Waals surface area (Å²) in [5.74, 6) is -0.302. The smallest absolute Gasteiger partial charge is 0.335 e. The van der Waals surface area contributed by atoms with Crippen LogP contribution in [0.2, 0.25) is 0 Å². The van der Waals surface area contributed by atoms with Crippen molar-refractivity contribution in [1.82, 2.24) is 4.90 Å². The van der Waals surface area contributed by atoms with Gasteiger partial charge in [-0.25, -0.2) is 4.79 Å². The zero-order valence-corrected chi connectivity index (χ0v) is 11.9. The van der Waals surface area contributed by atoms with E-state index in [0.29, 0.717) is 0 Å². The van der Waals surface area contributed by atoms with Crippen molar-refractivity contribution in [2.75, 3.05) is 7.11 Å². The minimum atomic E-state index is -0.865. The summed E-state index contributed by atoms with van der Waals surface area (Å²) in [5, 5.41) is 0. The second kappa shape index (κ2) is 4.68. The van der Waals surface area contributed by atoms with Crippen LogP contribution in [0.25, 0.3) is 0 Å². The van der Waals surface area contributed by atoms with Crippen LogP contribution in [-0.2, 0) is 16.1 Å². The summed E-state index contributed by atoms with van der Waals surface area (Å²) in [6.45, 7) is 6.57. The van der Waals surface area contributed by atoms with Crippen LogP contribution in [0.3, 0.4) is 0 Å². The molecule has 2 rings (SSSR count). The molecule has 1 unspecified atom stereocenters. The summed E-state index contributed by atoms with van der Waals surface area (Å²) in [7, 11) is 1.40. The summed E-state index contributed by atoms with van der Waals surface area (Å²) in [4.78, 5) is 18.5. The lowest BCUT2D eigenvalue weighted by Gasteiger charge is -2.40. The number of benzene rings is 1. The van der Waals surface area contributed by atoms with E-state index in [1.165, 1.54) is 12.7 Å². The van der Waals surface area contributed by atoms with Crippen molar-refractivity contribution in [3.05, 3.63) is 35.9 Å². The summed E-state index contributed by atoms with van der Waals surface area (Å²) in [6.07, 6.45) is 1.75. The molecule has 0 saturated heterocycles. The number of esters is 1. The Hall–Kier alpha value is -1.84. The monoisotopic (exact) mass is 260 g/mol. The average Bonchev–Trinajstić information content (AvgIpc) is 2.64. The Kier molecular flexibility index (Phi) is 3.35. The van der Waals surface area contributed by atoms with Crippen molar-refractivity contribution in [1.29, 1.82) is 0 Å². The van der Waals surface area contributed by atoms with E-state index in [9.17, 15) is 4.79 Å². The quantitative estimate of drug-likeness (QED) is 0.783. The predicted octanol–water partition coefficient (Wildman–Crippen LogP) is 2.24. The third kappa shape index (κ3) is 2.11. The van der Waals surface area contributed by atoms with Crippen molar-refractivity contribution in [2.45, 2.75) is 38.4 Å². The minimum absolute atomic E-state index is 0.302. The maximum absolute atomic E-state index is 12.0. The molecule has 19 heavy (non-hydrogen) atoms. The van der Waals surface area contributed by atoms with Crippen molar-refractivity contribution >= 4 is 12.3 Å². The van der Waals surface area contributed by atoms with Gasteiger partial charge in [-0.1, -0.05) is 30.3 Å². The molecule has 1 heterocycles. The number of hydrogen-bond donors (Lipinski definition) is 0. The molecule has 1 aliphatic heterocycles. The third-order valence-corrected chi connectivity index (χ3v) is 4.14. The molecule has 0 saturated carbocycles. The van der Waals surface area contributed by atoms with Crippen LogP contribution in [-0.4, -0.2) is 35.4 Å². The Bertz CT molecular complexity index is 496. The lowest BCUT2D eigenvalue weighted by Crippen LogP contribution is -2.57. The molecule has 1 atom stereocenters. The van der Waals surface area contributed by atoms with Gasteiger partial charge in [0.15, 0.2) is 5.54 Å².